The number of hydrogen-bond donors (Lipinski definition) is 2. The molecule has 0 aliphatic rings. The van der Waals surface area contributed by atoms with Crippen LogP contribution in [0.4, 0.5) is 10.5 Å². The van der Waals surface area contributed by atoms with Crippen molar-refractivity contribution in [2.75, 3.05) is 5.32 Å². The maximum atomic E-state index is 13.2. The van der Waals surface area contributed by atoms with Gasteiger partial charge in [-0.2, -0.15) is 0 Å². The molecule has 2 aromatic carbocycles. The number of aryl methyl sites for hydroxylation is 3. The van der Waals surface area contributed by atoms with E-state index in [9.17, 15) is 14.4 Å². The molecular formula is C24H22N4O3S. The van der Waals surface area contributed by atoms with E-state index in [2.05, 4.69) is 15.6 Å². The number of amides is 3. The number of imide groups is 1. The van der Waals surface area contributed by atoms with Crippen molar-refractivity contribution < 1.29 is 9.59 Å². The minimum absolute atomic E-state index is 0.314. The van der Waals surface area contributed by atoms with Crippen molar-refractivity contribution in [3.63, 3.8) is 0 Å². The number of rotatable bonds is 4. The van der Waals surface area contributed by atoms with E-state index in [1.807, 2.05) is 63.2 Å². The molecule has 0 fully saturated rings. The van der Waals surface area contributed by atoms with Crippen LogP contribution < -0.4 is 16.2 Å². The lowest BCUT2D eigenvalue weighted by molar-refractivity contribution is -0.120. The molecule has 162 valence electrons. The van der Waals surface area contributed by atoms with Crippen molar-refractivity contribution in [2.24, 2.45) is 0 Å². The third-order valence-corrected chi connectivity index (χ3v) is 6.26. The molecule has 0 saturated heterocycles. The van der Waals surface area contributed by atoms with Crippen LogP contribution in [0.3, 0.4) is 0 Å². The van der Waals surface area contributed by atoms with Crippen LogP contribution in [0.1, 0.15) is 16.0 Å². The summed E-state index contributed by atoms with van der Waals surface area (Å²) in [7, 11) is 0. The predicted octanol–water partition coefficient (Wildman–Crippen LogP) is 4.40. The van der Waals surface area contributed by atoms with E-state index >= 15 is 0 Å². The Morgan fingerprint density at radius 3 is 2.50 bits per heavy atom. The van der Waals surface area contributed by atoms with E-state index in [1.54, 1.807) is 6.07 Å². The van der Waals surface area contributed by atoms with Crippen LogP contribution in [-0.4, -0.2) is 21.5 Å². The smallest absolute Gasteiger partial charge is 0.308 e. The Morgan fingerprint density at radius 2 is 1.78 bits per heavy atom. The number of nitrogens with one attached hydrogen (secondary N) is 2. The Labute approximate surface area is 188 Å². The summed E-state index contributed by atoms with van der Waals surface area (Å²) in [5.74, 6) is -0.609. The first kappa shape index (κ1) is 21.5. The molecular weight excluding hydrogens is 424 g/mol. The molecule has 0 radical (unpaired) electrons. The van der Waals surface area contributed by atoms with Gasteiger partial charge >= 0.3 is 6.03 Å². The van der Waals surface area contributed by atoms with Gasteiger partial charge in [0.05, 0.1) is 11.7 Å². The molecule has 32 heavy (non-hydrogen) atoms. The van der Waals surface area contributed by atoms with Gasteiger partial charge in [0.2, 0.25) is 5.91 Å². The molecule has 4 rings (SSSR count). The van der Waals surface area contributed by atoms with Gasteiger partial charge in [0.1, 0.15) is 11.4 Å². The lowest BCUT2D eigenvalue weighted by atomic mass is 10.0. The van der Waals surface area contributed by atoms with Crippen LogP contribution in [-0.2, 0) is 11.3 Å². The molecule has 0 spiro atoms. The van der Waals surface area contributed by atoms with Crippen molar-refractivity contribution in [2.45, 2.75) is 27.3 Å². The van der Waals surface area contributed by atoms with Crippen molar-refractivity contribution in [1.29, 1.82) is 0 Å². The van der Waals surface area contributed by atoms with E-state index in [-0.39, 0.29) is 12.1 Å². The minimum Gasteiger partial charge on any atom is -0.308 e. The number of hydrogen-bond acceptors (Lipinski definition) is 5. The van der Waals surface area contributed by atoms with Gasteiger partial charge in [0.15, 0.2) is 0 Å². The van der Waals surface area contributed by atoms with Crippen LogP contribution in [0.25, 0.3) is 21.3 Å². The molecule has 0 aliphatic heterocycles. The molecule has 0 atom stereocenters. The lowest BCUT2D eigenvalue weighted by Crippen LogP contribution is -2.38. The third kappa shape index (κ3) is 4.31. The zero-order valence-corrected chi connectivity index (χ0v) is 18.7. The first-order valence-corrected chi connectivity index (χ1v) is 10.9. The van der Waals surface area contributed by atoms with Crippen LogP contribution in [0.15, 0.2) is 59.7 Å². The summed E-state index contributed by atoms with van der Waals surface area (Å²) < 4.78 is 1.22. The van der Waals surface area contributed by atoms with Crippen molar-refractivity contribution in [3.05, 3.63) is 81.2 Å². The number of urea groups is 1. The van der Waals surface area contributed by atoms with Gasteiger partial charge in [0, 0.05) is 16.1 Å². The molecule has 7 nitrogen and oxygen atoms in total. The van der Waals surface area contributed by atoms with Gasteiger partial charge in [-0.05, 0) is 49.6 Å². The normalized spacial score (nSPS) is 10.8. The number of carbonyl (C=O) groups excluding carboxylic acids is 2. The highest BCUT2D eigenvalue weighted by Crippen LogP contribution is 2.35. The van der Waals surface area contributed by atoms with Gasteiger partial charge in [0.25, 0.3) is 5.56 Å². The minimum atomic E-state index is -0.656. The highest BCUT2D eigenvalue weighted by atomic mass is 32.1. The molecule has 0 aliphatic carbocycles. The zero-order valence-electron chi connectivity index (χ0n) is 17.9. The van der Waals surface area contributed by atoms with E-state index < -0.39 is 11.9 Å². The largest absolute Gasteiger partial charge is 0.325 e. The molecule has 8 heteroatoms. The molecule has 0 bridgehead atoms. The fourth-order valence-corrected chi connectivity index (χ4v) is 4.51. The Kier molecular flexibility index (Phi) is 5.87. The predicted molar refractivity (Wildman–Crippen MR) is 127 cm³/mol. The molecule has 0 unspecified atom stereocenters. The number of carbonyl (C=O) groups is 2. The number of fused-ring (bicyclic) bond motifs is 1. The topological polar surface area (TPSA) is 93.1 Å². The van der Waals surface area contributed by atoms with Gasteiger partial charge in [-0.15, -0.1) is 11.3 Å². The Balaban J connectivity index is 1.54. The van der Waals surface area contributed by atoms with E-state index in [0.29, 0.717) is 15.9 Å². The number of anilines is 1. The average Bonchev–Trinajstić information content (AvgIpc) is 3.10. The van der Waals surface area contributed by atoms with E-state index in [4.69, 9.17) is 0 Å². The zero-order chi connectivity index (χ0) is 22.8. The van der Waals surface area contributed by atoms with Crippen LogP contribution in [0, 0.1) is 20.8 Å². The monoisotopic (exact) mass is 446 g/mol. The highest BCUT2D eigenvalue weighted by Gasteiger charge is 2.18. The molecule has 2 aromatic heterocycles. The fourth-order valence-electron chi connectivity index (χ4n) is 3.50. The van der Waals surface area contributed by atoms with Crippen molar-refractivity contribution in [3.8, 4) is 11.1 Å². The number of aromatic nitrogens is 2. The van der Waals surface area contributed by atoms with Gasteiger partial charge in [-0.3, -0.25) is 19.5 Å². The van der Waals surface area contributed by atoms with Crippen molar-refractivity contribution >= 4 is 39.2 Å². The second kappa shape index (κ2) is 8.76. The summed E-state index contributed by atoms with van der Waals surface area (Å²) in [6.45, 7) is 5.55. The van der Waals surface area contributed by atoms with Gasteiger partial charge in [-0.25, -0.2) is 9.78 Å². The number of nitrogens with zero attached hydrogens (tertiary/aromatic N) is 2. The Morgan fingerprint density at radius 1 is 1.03 bits per heavy atom. The Bertz CT molecular complexity index is 1390. The fraction of sp³-hybridized carbons (Fsp3) is 0.167. The first-order chi connectivity index (χ1) is 15.3. The second-order valence-electron chi connectivity index (χ2n) is 7.56. The van der Waals surface area contributed by atoms with E-state index in [0.717, 1.165) is 27.1 Å². The van der Waals surface area contributed by atoms with Crippen molar-refractivity contribution in [1.82, 2.24) is 14.9 Å². The third-order valence-electron chi connectivity index (χ3n) is 5.25. The summed E-state index contributed by atoms with van der Waals surface area (Å²) in [6.07, 6.45) is 1.34. The molecule has 4 aromatic rings. The number of thiophene rings is 1. The van der Waals surface area contributed by atoms with Crippen LogP contribution in [0.5, 0.6) is 0 Å². The Hall–Kier alpha value is -3.78. The molecule has 2 N–H and O–H groups in total. The SMILES string of the molecule is Cc1ccc(NC(=O)NC(=O)Cn2cnc3sc(C)c(-c4ccccc4)c3c2=O)cc1C. The second-order valence-corrected chi connectivity index (χ2v) is 8.76. The van der Waals surface area contributed by atoms with Gasteiger partial charge < -0.3 is 5.32 Å². The van der Waals surface area contributed by atoms with Crippen LogP contribution >= 0.6 is 11.3 Å². The van der Waals surface area contributed by atoms with Gasteiger partial charge in [-0.1, -0.05) is 36.4 Å². The summed E-state index contributed by atoms with van der Waals surface area (Å²) >= 11 is 1.44. The summed E-state index contributed by atoms with van der Waals surface area (Å²) in [5, 5.41) is 5.38. The maximum absolute atomic E-state index is 13.2. The molecule has 0 saturated carbocycles. The maximum Gasteiger partial charge on any atom is 0.325 e. The van der Waals surface area contributed by atoms with Crippen LogP contribution in [0.2, 0.25) is 0 Å². The summed E-state index contributed by atoms with van der Waals surface area (Å²) in [6, 6.07) is 14.4. The quantitative estimate of drug-likeness (QED) is 0.486. The molecule has 3 amide bonds. The highest BCUT2D eigenvalue weighted by molar-refractivity contribution is 7.19. The standard InChI is InChI=1S/C24H22N4O3S/c1-14-9-10-18(11-15(14)2)26-24(31)27-19(29)12-28-13-25-22-21(23(28)30)20(16(3)32-22)17-7-5-4-6-8-17/h4-11,13H,12H2,1-3H3,(H2,26,27,29,31). The lowest BCUT2D eigenvalue weighted by Gasteiger charge is -2.10. The first-order valence-electron chi connectivity index (χ1n) is 10.1. The summed E-state index contributed by atoms with van der Waals surface area (Å²) in [5.41, 5.74) is 4.14. The van der Waals surface area contributed by atoms with E-state index in [1.165, 1.54) is 22.2 Å². The average molecular weight is 447 g/mol. The summed E-state index contributed by atoms with van der Waals surface area (Å²) in [4.78, 5) is 43.8. The molecule has 2 heterocycles. The number of benzene rings is 2.